The third-order valence-electron chi connectivity index (χ3n) is 4.74. The van der Waals surface area contributed by atoms with Crippen LogP contribution < -0.4 is 10.9 Å². The van der Waals surface area contributed by atoms with Crippen molar-refractivity contribution < 1.29 is 9.90 Å². The monoisotopic (exact) mass is 350 g/mol. The Morgan fingerprint density at radius 1 is 1.19 bits per heavy atom. The fourth-order valence-corrected chi connectivity index (χ4v) is 3.30. The van der Waals surface area contributed by atoms with Crippen LogP contribution in [-0.4, -0.2) is 32.1 Å². The summed E-state index contributed by atoms with van der Waals surface area (Å²) in [6.45, 7) is 0. The first-order valence-electron chi connectivity index (χ1n) is 8.51. The lowest BCUT2D eigenvalue weighted by Crippen LogP contribution is -2.42. The predicted molar refractivity (Wildman–Crippen MR) is 95.5 cm³/mol. The van der Waals surface area contributed by atoms with E-state index in [0.717, 1.165) is 5.69 Å². The zero-order valence-electron chi connectivity index (χ0n) is 13.9. The van der Waals surface area contributed by atoms with Gasteiger partial charge in [0.25, 0.3) is 11.5 Å². The van der Waals surface area contributed by atoms with E-state index in [2.05, 4.69) is 20.3 Å². The zero-order valence-corrected chi connectivity index (χ0v) is 13.9. The van der Waals surface area contributed by atoms with Crippen molar-refractivity contribution in [2.24, 2.45) is 5.92 Å². The standard InChI is InChI=1S/C19H18N4O3/c24-12-9-11(10-12)16(15-7-3-4-8-20-15)22-19(26)17-21-14-6-2-1-5-13(14)18(25)23-17/h1-8,11-12,16,24H,9-10H2,(H,22,26)(H,21,23,25)/t11?,12?,16-/m0/s1. The van der Waals surface area contributed by atoms with Gasteiger partial charge in [0.2, 0.25) is 0 Å². The number of aliphatic hydroxyl groups is 1. The van der Waals surface area contributed by atoms with E-state index in [1.807, 2.05) is 12.1 Å². The molecule has 26 heavy (non-hydrogen) atoms. The second kappa shape index (κ2) is 6.68. The molecule has 4 rings (SSSR count). The number of benzene rings is 1. The number of hydrogen-bond donors (Lipinski definition) is 3. The zero-order chi connectivity index (χ0) is 18.1. The van der Waals surface area contributed by atoms with E-state index >= 15 is 0 Å². The van der Waals surface area contributed by atoms with Crippen LogP contribution in [-0.2, 0) is 0 Å². The smallest absolute Gasteiger partial charge is 0.287 e. The van der Waals surface area contributed by atoms with Gasteiger partial charge in [-0.05, 0) is 43.0 Å². The maximum Gasteiger partial charge on any atom is 0.287 e. The van der Waals surface area contributed by atoms with E-state index < -0.39 is 5.91 Å². The summed E-state index contributed by atoms with van der Waals surface area (Å²) in [5.74, 6) is -0.407. The molecule has 1 atom stereocenters. The lowest BCUT2D eigenvalue weighted by atomic mass is 9.76. The number of fused-ring (bicyclic) bond motifs is 1. The van der Waals surface area contributed by atoms with Gasteiger partial charge < -0.3 is 15.4 Å². The number of aliphatic hydroxyl groups excluding tert-OH is 1. The Morgan fingerprint density at radius 2 is 1.96 bits per heavy atom. The van der Waals surface area contributed by atoms with E-state index in [4.69, 9.17) is 0 Å². The van der Waals surface area contributed by atoms with E-state index in [9.17, 15) is 14.7 Å². The Labute approximate surface area is 149 Å². The highest BCUT2D eigenvalue weighted by Crippen LogP contribution is 2.37. The Balaban J connectivity index is 1.63. The molecule has 7 heteroatoms. The lowest BCUT2D eigenvalue weighted by molar-refractivity contribution is 0.0227. The first-order chi connectivity index (χ1) is 12.6. The van der Waals surface area contributed by atoms with E-state index in [1.165, 1.54) is 0 Å². The Kier molecular flexibility index (Phi) is 4.22. The Bertz CT molecular complexity index is 996. The van der Waals surface area contributed by atoms with Gasteiger partial charge in [-0.2, -0.15) is 0 Å². The van der Waals surface area contributed by atoms with Gasteiger partial charge in [-0.15, -0.1) is 0 Å². The van der Waals surface area contributed by atoms with Crippen LogP contribution in [0.15, 0.2) is 53.5 Å². The highest BCUT2D eigenvalue weighted by atomic mass is 16.3. The number of carbonyl (C=O) groups excluding carboxylic acids is 1. The maximum absolute atomic E-state index is 12.7. The molecule has 1 aliphatic carbocycles. The number of pyridine rings is 1. The van der Waals surface area contributed by atoms with Gasteiger partial charge in [0.1, 0.15) is 0 Å². The molecule has 0 spiro atoms. The summed E-state index contributed by atoms with van der Waals surface area (Å²) in [6.07, 6.45) is 2.52. The summed E-state index contributed by atoms with van der Waals surface area (Å²) < 4.78 is 0. The molecule has 3 aromatic rings. The van der Waals surface area contributed by atoms with Gasteiger partial charge in [-0.3, -0.25) is 14.6 Å². The molecule has 7 nitrogen and oxygen atoms in total. The minimum absolute atomic E-state index is 0.0329. The molecular weight excluding hydrogens is 332 g/mol. The molecule has 1 saturated carbocycles. The number of H-pyrrole nitrogens is 1. The average molecular weight is 350 g/mol. The van der Waals surface area contributed by atoms with Crippen molar-refractivity contribution in [3.63, 3.8) is 0 Å². The van der Waals surface area contributed by atoms with Crippen molar-refractivity contribution in [3.05, 3.63) is 70.5 Å². The molecule has 1 aromatic carbocycles. The molecule has 0 saturated heterocycles. The first kappa shape index (κ1) is 16.4. The van der Waals surface area contributed by atoms with Crippen LogP contribution in [0.25, 0.3) is 10.9 Å². The molecule has 132 valence electrons. The van der Waals surface area contributed by atoms with Crippen LogP contribution in [0.1, 0.15) is 35.2 Å². The van der Waals surface area contributed by atoms with Crippen molar-refractivity contribution >= 4 is 16.8 Å². The van der Waals surface area contributed by atoms with Crippen molar-refractivity contribution in [2.75, 3.05) is 0 Å². The number of para-hydroxylation sites is 1. The van der Waals surface area contributed by atoms with Crippen molar-refractivity contribution in [1.29, 1.82) is 0 Å². The molecule has 1 fully saturated rings. The van der Waals surface area contributed by atoms with Gasteiger partial charge in [-0.1, -0.05) is 18.2 Å². The van der Waals surface area contributed by atoms with Gasteiger partial charge in [-0.25, -0.2) is 4.98 Å². The van der Waals surface area contributed by atoms with Crippen molar-refractivity contribution in [2.45, 2.75) is 25.0 Å². The van der Waals surface area contributed by atoms with Crippen LogP contribution in [0.4, 0.5) is 0 Å². The summed E-state index contributed by atoms with van der Waals surface area (Å²) in [5, 5.41) is 13.0. The molecule has 0 radical (unpaired) electrons. The summed E-state index contributed by atoms with van der Waals surface area (Å²) in [4.78, 5) is 36.0. The van der Waals surface area contributed by atoms with Crippen molar-refractivity contribution in [1.82, 2.24) is 20.3 Å². The van der Waals surface area contributed by atoms with Crippen LogP contribution >= 0.6 is 0 Å². The Hall–Kier alpha value is -3.06. The van der Waals surface area contributed by atoms with Crippen LogP contribution in [0.3, 0.4) is 0 Å². The first-order valence-corrected chi connectivity index (χ1v) is 8.51. The van der Waals surface area contributed by atoms with Gasteiger partial charge in [0.05, 0.1) is 28.7 Å². The molecule has 0 unspecified atom stereocenters. The third-order valence-corrected chi connectivity index (χ3v) is 4.74. The number of nitrogens with one attached hydrogen (secondary N) is 2. The number of carbonyl (C=O) groups is 1. The number of nitrogens with zero attached hydrogens (tertiary/aromatic N) is 2. The summed E-state index contributed by atoms with van der Waals surface area (Å²) >= 11 is 0. The second-order valence-electron chi connectivity index (χ2n) is 6.52. The second-order valence-corrected chi connectivity index (χ2v) is 6.52. The molecule has 2 heterocycles. The predicted octanol–water partition coefficient (Wildman–Crippen LogP) is 1.56. The van der Waals surface area contributed by atoms with Crippen LogP contribution in [0, 0.1) is 5.92 Å². The number of hydrogen-bond acceptors (Lipinski definition) is 5. The normalized spacial score (nSPS) is 20.3. The van der Waals surface area contributed by atoms with Crippen molar-refractivity contribution in [3.8, 4) is 0 Å². The highest BCUT2D eigenvalue weighted by molar-refractivity contribution is 5.92. The number of amides is 1. The molecule has 0 bridgehead atoms. The lowest BCUT2D eigenvalue weighted by Gasteiger charge is -2.37. The largest absolute Gasteiger partial charge is 0.393 e. The van der Waals surface area contributed by atoms with E-state index in [0.29, 0.717) is 23.7 Å². The number of aromatic amines is 1. The maximum atomic E-state index is 12.7. The van der Waals surface area contributed by atoms with Gasteiger partial charge in [0, 0.05) is 6.20 Å². The SMILES string of the molecule is O=C(N[C@H](c1ccccn1)C1CC(O)C1)c1nc2ccccc2c(=O)[nH]1. The molecule has 1 aliphatic rings. The van der Waals surface area contributed by atoms with E-state index in [1.54, 1.807) is 36.5 Å². The van der Waals surface area contributed by atoms with E-state index in [-0.39, 0.29) is 29.4 Å². The number of aromatic nitrogens is 3. The molecule has 0 aliphatic heterocycles. The average Bonchev–Trinajstić information content (AvgIpc) is 2.64. The fourth-order valence-electron chi connectivity index (χ4n) is 3.30. The molecule has 2 aromatic heterocycles. The molecule has 3 N–H and O–H groups in total. The Morgan fingerprint density at radius 3 is 2.69 bits per heavy atom. The van der Waals surface area contributed by atoms with Crippen LogP contribution in [0.5, 0.6) is 0 Å². The van der Waals surface area contributed by atoms with Crippen LogP contribution in [0.2, 0.25) is 0 Å². The summed E-state index contributed by atoms with van der Waals surface area (Å²) in [6, 6.07) is 12.0. The molecular formula is C19H18N4O3. The number of rotatable bonds is 4. The minimum Gasteiger partial charge on any atom is -0.393 e. The topological polar surface area (TPSA) is 108 Å². The third kappa shape index (κ3) is 3.09. The quantitative estimate of drug-likeness (QED) is 0.662. The van der Waals surface area contributed by atoms with Gasteiger partial charge in [0.15, 0.2) is 5.82 Å². The summed E-state index contributed by atoms with van der Waals surface area (Å²) in [7, 11) is 0. The summed E-state index contributed by atoms with van der Waals surface area (Å²) in [5.41, 5.74) is 0.838. The molecule has 1 amide bonds. The van der Waals surface area contributed by atoms with Gasteiger partial charge >= 0.3 is 0 Å². The highest BCUT2D eigenvalue weighted by Gasteiger charge is 2.36. The minimum atomic E-state index is -0.468. The fraction of sp³-hybridized carbons (Fsp3) is 0.263.